The Morgan fingerprint density at radius 3 is 2.11 bits per heavy atom. The van der Waals surface area contributed by atoms with Gasteiger partial charge in [-0.15, -0.1) is 5.10 Å². The lowest BCUT2D eigenvalue weighted by molar-refractivity contribution is -0.189. The average molecular weight is 528 g/mol. The maximum absolute atomic E-state index is 14.9. The highest BCUT2D eigenvalue weighted by atomic mass is 19.4. The molecular formula is C20H13F9N4O3. The zero-order valence-electron chi connectivity index (χ0n) is 17.9. The Morgan fingerprint density at radius 1 is 1.03 bits per heavy atom. The van der Waals surface area contributed by atoms with E-state index in [0.29, 0.717) is 20.0 Å². The van der Waals surface area contributed by atoms with E-state index < -0.39 is 76.0 Å². The lowest BCUT2D eigenvalue weighted by Gasteiger charge is -2.20. The van der Waals surface area contributed by atoms with Crippen LogP contribution in [0, 0.1) is 17.5 Å². The van der Waals surface area contributed by atoms with Crippen LogP contribution >= 0.6 is 0 Å². The van der Waals surface area contributed by atoms with E-state index in [1.807, 2.05) is 0 Å². The Bertz CT molecular complexity index is 1360. The van der Waals surface area contributed by atoms with Gasteiger partial charge in [0.05, 0.1) is 5.56 Å². The van der Waals surface area contributed by atoms with E-state index >= 15 is 0 Å². The van der Waals surface area contributed by atoms with Crippen molar-refractivity contribution in [3.8, 4) is 11.4 Å². The molecule has 2 aromatic carbocycles. The van der Waals surface area contributed by atoms with E-state index in [1.165, 1.54) is 0 Å². The number of halogens is 9. The van der Waals surface area contributed by atoms with Crippen molar-refractivity contribution < 1.29 is 49.0 Å². The molecule has 0 fully saturated rings. The summed E-state index contributed by atoms with van der Waals surface area (Å²) >= 11 is 0. The van der Waals surface area contributed by atoms with Crippen LogP contribution in [0.2, 0.25) is 0 Å². The highest BCUT2D eigenvalue weighted by molar-refractivity contribution is 6.06. The largest absolute Gasteiger partial charge is 0.480 e. The molecule has 3 aromatic rings. The van der Waals surface area contributed by atoms with Crippen LogP contribution in [0.5, 0.6) is 5.75 Å². The standard InChI is InChI=1S/C20H13F9N4O3/c1-8(19(24,25)26)36-14-7-13(33-18(35)32(2)17(31-33)20(27,28)29)12(23)6-9(14)16(34)30-15-10(21)4-3-5-11(15)22/h3-8H,1-2H3,(H,30,34). The van der Waals surface area contributed by atoms with Crippen LogP contribution in [0.3, 0.4) is 0 Å². The summed E-state index contributed by atoms with van der Waals surface area (Å²) in [6, 6.07) is 3.00. The Labute approximate surface area is 194 Å². The quantitative estimate of drug-likeness (QED) is 0.492. The molecule has 1 heterocycles. The van der Waals surface area contributed by atoms with E-state index in [-0.39, 0.29) is 15.3 Å². The molecule has 1 amide bonds. The summed E-state index contributed by atoms with van der Waals surface area (Å²) < 4.78 is 126. The van der Waals surface area contributed by atoms with Gasteiger partial charge in [-0.25, -0.2) is 18.0 Å². The van der Waals surface area contributed by atoms with Crippen LogP contribution < -0.4 is 15.7 Å². The summed E-state index contributed by atoms with van der Waals surface area (Å²) in [6.45, 7) is 0.496. The first-order chi connectivity index (χ1) is 16.5. The summed E-state index contributed by atoms with van der Waals surface area (Å²) in [7, 11) is 0.667. The predicted molar refractivity (Wildman–Crippen MR) is 104 cm³/mol. The maximum atomic E-state index is 14.9. The number of para-hydroxylation sites is 1. The number of hydrogen-bond donors (Lipinski definition) is 1. The van der Waals surface area contributed by atoms with Gasteiger partial charge in [-0.2, -0.15) is 31.0 Å². The van der Waals surface area contributed by atoms with Crippen molar-refractivity contribution in [2.45, 2.75) is 25.4 Å². The van der Waals surface area contributed by atoms with Gasteiger partial charge in [0.2, 0.25) is 5.82 Å². The molecule has 0 aliphatic rings. The van der Waals surface area contributed by atoms with E-state index in [4.69, 9.17) is 0 Å². The molecular weight excluding hydrogens is 515 g/mol. The SMILES string of the molecule is CC(Oc1cc(-n2nc(C(F)(F)F)n(C)c2=O)c(F)cc1C(=O)Nc1c(F)cccc1F)C(F)(F)F. The molecule has 0 bridgehead atoms. The molecule has 16 heteroatoms. The number of alkyl halides is 6. The smallest absolute Gasteiger partial charge is 0.451 e. The Hall–Kier alpha value is -3.98. The summed E-state index contributed by atoms with van der Waals surface area (Å²) in [6.07, 6.45) is -12.8. The first-order valence-corrected chi connectivity index (χ1v) is 9.58. The summed E-state index contributed by atoms with van der Waals surface area (Å²) in [5, 5.41) is 4.70. The van der Waals surface area contributed by atoms with Crippen molar-refractivity contribution in [2.75, 3.05) is 5.32 Å². The highest BCUT2D eigenvalue weighted by Crippen LogP contribution is 2.32. The highest BCUT2D eigenvalue weighted by Gasteiger charge is 2.40. The number of nitrogens with one attached hydrogen (secondary N) is 1. The minimum atomic E-state index is -5.15. The molecule has 0 aliphatic heterocycles. The average Bonchev–Trinajstić information content (AvgIpc) is 3.05. The number of aromatic nitrogens is 3. The number of ether oxygens (including phenoxy) is 1. The van der Waals surface area contributed by atoms with Crippen LogP contribution in [0.15, 0.2) is 35.1 Å². The lowest BCUT2D eigenvalue weighted by atomic mass is 10.1. The van der Waals surface area contributed by atoms with E-state index in [2.05, 4.69) is 9.84 Å². The van der Waals surface area contributed by atoms with Gasteiger partial charge in [0, 0.05) is 13.1 Å². The number of carbonyl (C=O) groups is 1. The summed E-state index contributed by atoms with van der Waals surface area (Å²) in [5.41, 5.74) is -4.65. The van der Waals surface area contributed by atoms with E-state index in [9.17, 15) is 49.1 Å². The second-order valence-corrected chi connectivity index (χ2v) is 7.23. The number of carbonyl (C=O) groups excluding carboxylic acids is 1. The zero-order chi connectivity index (χ0) is 27.2. The van der Waals surface area contributed by atoms with Gasteiger partial charge in [0.1, 0.15) is 34.6 Å². The fourth-order valence-electron chi connectivity index (χ4n) is 2.88. The number of hydrogen-bond acceptors (Lipinski definition) is 4. The van der Waals surface area contributed by atoms with Gasteiger partial charge < -0.3 is 10.1 Å². The first-order valence-electron chi connectivity index (χ1n) is 9.58. The van der Waals surface area contributed by atoms with Crippen molar-refractivity contribution in [3.05, 3.63) is 69.7 Å². The molecule has 0 saturated carbocycles. The fourth-order valence-corrected chi connectivity index (χ4v) is 2.88. The molecule has 7 nitrogen and oxygen atoms in total. The number of benzene rings is 2. The molecule has 194 valence electrons. The molecule has 0 saturated heterocycles. The number of amides is 1. The van der Waals surface area contributed by atoms with Crippen molar-refractivity contribution in [2.24, 2.45) is 7.05 Å². The van der Waals surface area contributed by atoms with Crippen LogP contribution in [-0.4, -0.2) is 32.5 Å². The number of nitrogens with zero attached hydrogens (tertiary/aromatic N) is 3. The zero-order valence-corrected chi connectivity index (χ0v) is 17.9. The maximum Gasteiger partial charge on any atom is 0.451 e. The lowest BCUT2D eigenvalue weighted by Crippen LogP contribution is -2.32. The van der Waals surface area contributed by atoms with Crippen molar-refractivity contribution >= 4 is 11.6 Å². The van der Waals surface area contributed by atoms with Gasteiger partial charge in [0.15, 0.2) is 6.10 Å². The number of anilines is 1. The number of rotatable bonds is 5. The van der Waals surface area contributed by atoms with Crippen molar-refractivity contribution in [3.63, 3.8) is 0 Å². The molecule has 0 radical (unpaired) electrons. The topological polar surface area (TPSA) is 78.2 Å². The van der Waals surface area contributed by atoms with Gasteiger partial charge in [0.25, 0.3) is 5.91 Å². The van der Waals surface area contributed by atoms with Gasteiger partial charge in [-0.05, 0) is 25.1 Å². The van der Waals surface area contributed by atoms with Gasteiger partial charge in [-0.3, -0.25) is 9.36 Å². The van der Waals surface area contributed by atoms with Crippen molar-refractivity contribution in [1.29, 1.82) is 0 Å². The summed E-state index contributed by atoms with van der Waals surface area (Å²) in [5.74, 6) is -8.49. The second kappa shape index (κ2) is 9.23. The first kappa shape index (κ1) is 26.6. The van der Waals surface area contributed by atoms with E-state index in [0.717, 1.165) is 18.2 Å². The van der Waals surface area contributed by atoms with Crippen LogP contribution in [-0.2, 0) is 13.2 Å². The monoisotopic (exact) mass is 528 g/mol. The molecule has 36 heavy (non-hydrogen) atoms. The van der Waals surface area contributed by atoms with Crippen LogP contribution in [0.1, 0.15) is 23.1 Å². The minimum absolute atomic E-state index is 0.0138. The third-order valence-corrected chi connectivity index (χ3v) is 4.72. The van der Waals surface area contributed by atoms with Gasteiger partial charge in [-0.1, -0.05) is 6.07 Å². The molecule has 0 spiro atoms. The molecule has 1 N–H and O–H groups in total. The molecule has 3 rings (SSSR count). The van der Waals surface area contributed by atoms with E-state index in [1.54, 1.807) is 5.32 Å². The summed E-state index contributed by atoms with van der Waals surface area (Å²) in [4.78, 5) is 24.8. The Balaban J connectivity index is 2.18. The fraction of sp³-hybridized carbons (Fsp3) is 0.250. The van der Waals surface area contributed by atoms with Crippen LogP contribution in [0.25, 0.3) is 5.69 Å². The molecule has 1 atom stereocenters. The Morgan fingerprint density at radius 2 is 1.61 bits per heavy atom. The molecule has 1 unspecified atom stereocenters. The molecule has 1 aromatic heterocycles. The second-order valence-electron chi connectivity index (χ2n) is 7.23. The van der Waals surface area contributed by atoms with Crippen molar-refractivity contribution in [1.82, 2.24) is 14.3 Å². The van der Waals surface area contributed by atoms with Crippen LogP contribution in [0.4, 0.5) is 45.2 Å². The normalized spacial score (nSPS) is 13.0. The van der Waals surface area contributed by atoms with Gasteiger partial charge >= 0.3 is 18.0 Å². The minimum Gasteiger partial charge on any atom is -0.480 e. The third kappa shape index (κ3) is 5.16. The Kier molecular flexibility index (Phi) is 6.83. The molecule has 0 aliphatic carbocycles. The third-order valence-electron chi connectivity index (χ3n) is 4.72. The predicted octanol–water partition coefficient (Wildman–Crippen LogP) is 4.59.